The number of amides is 1. The van der Waals surface area contributed by atoms with Crippen molar-refractivity contribution in [2.24, 2.45) is 0 Å². The highest BCUT2D eigenvalue weighted by Gasteiger charge is 2.33. The molecule has 1 fully saturated rings. The first-order valence-electron chi connectivity index (χ1n) is 7.07. The lowest BCUT2D eigenvalue weighted by Gasteiger charge is -2.20. The minimum Gasteiger partial charge on any atom is -0.339 e. The lowest BCUT2D eigenvalue weighted by atomic mass is 10.1. The Labute approximate surface area is 131 Å². The number of carbonyl (C=O) groups is 1. The summed E-state index contributed by atoms with van der Waals surface area (Å²) in [5, 5.41) is 0.579. The number of hydrogen-bond acceptors (Lipinski definition) is 3. The summed E-state index contributed by atoms with van der Waals surface area (Å²) in [4.78, 5) is 13.8. The Morgan fingerprint density at radius 3 is 2.57 bits per heavy atom. The van der Waals surface area contributed by atoms with Crippen molar-refractivity contribution in [2.75, 3.05) is 12.3 Å². The topological polar surface area (TPSA) is 54.5 Å². The van der Waals surface area contributed by atoms with Crippen molar-refractivity contribution in [1.29, 1.82) is 0 Å². The average molecular weight is 330 g/mol. The molecule has 0 N–H and O–H groups in total. The monoisotopic (exact) mass is 329 g/mol. The predicted octanol–water partition coefficient (Wildman–Crippen LogP) is 2.57. The van der Waals surface area contributed by atoms with Gasteiger partial charge in [0.25, 0.3) is 0 Å². The standard InChI is InChI=1S/C15H20ClNO3S/c1-3-17(14-6-7-14)15(18)10-21(19,20)9-12-4-5-13(16)8-11(12)2/h4-5,8,14H,3,6-7,9-10H2,1-2H3. The lowest BCUT2D eigenvalue weighted by molar-refractivity contribution is -0.128. The highest BCUT2D eigenvalue weighted by atomic mass is 35.5. The number of sulfone groups is 1. The normalized spacial score (nSPS) is 15.0. The molecule has 1 aromatic carbocycles. The van der Waals surface area contributed by atoms with Gasteiger partial charge in [-0.25, -0.2) is 8.42 Å². The third-order valence-electron chi connectivity index (χ3n) is 3.67. The van der Waals surface area contributed by atoms with Gasteiger partial charge in [0.15, 0.2) is 9.84 Å². The first-order chi connectivity index (χ1) is 9.82. The first kappa shape index (κ1) is 16.3. The Hall–Kier alpha value is -1.07. The highest BCUT2D eigenvalue weighted by Crippen LogP contribution is 2.27. The number of benzene rings is 1. The number of nitrogens with zero attached hydrogens (tertiary/aromatic N) is 1. The van der Waals surface area contributed by atoms with Crippen LogP contribution in [0.5, 0.6) is 0 Å². The molecule has 21 heavy (non-hydrogen) atoms. The van der Waals surface area contributed by atoms with Crippen LogP contribution < -0.4 is 0 Å². The van der Waals surface area contributed by atoms with Gasteiger partial charge < -0.3 is 4.90 Å². The number of halogens is 1. The maximum Gasteiger partial charge on any atom is 0.238 e. The fourth-order valence-electron chi connectivity index (χ4n) is 2.40. The molecule has 4 nitrogen and oxygen atoms in total. The Morgan fingerprint density at radius 1 is 1.38 bits per heavy atom. The first-order valence-corrected chi connectivity index (χ1v) is 9.27. The van der Waals surface area contributed by atoms with Crippen molar-refractivity contribution < 1.29 is 13.2 Å². The molecule has 0 unspecified atom stereocenters. The molecule has 0 atom stereocenters. The molecule has 0 heterocycles. The number of rotatable bonds is 6. The van der Waals surface area contributed by atoms with E-state index < -0.39 is 15.6 Å². The third kappa shape index (κ3) is 4.45. The van der Waals surface area contributed by atoms with E-state index in [2.05, 4.69) is 0 Å². The Kier molecular flexibility index (Phi) is 4.94. The summed E-state index contributed by atoms with van der Waals surface area (Å²) in [6.07, 6.45) is 1.96. The summed E-state index contributed by atoms with van der Waals surface area (Å²) >= 11 is 5.86. The zero-order valence-corrected chi connectivity index (χ0v) is 13.9. The molecule has 1 saturated carbocycles. The molecule has 2 rings (SSSR count). The molecule has 0 bridgehead atoms. The molecule has 0 radical (unpaired) electrons. The SMILES string of the molecule is CCN(C(=O)CS(=O)(=O)Cc1ccc(Cl)cc1C)C1CC1. The fourth-order valence-corrected chi connectivity index (χ4v) is 4.07. The second kappa shape index (κ2) is 6.36. The van der Waals surface area contributed by atoms with Crippen LogP contribution in [0.4, 0.5) is 0 Å². The Balaban J connectivity index is 2.06. The van der Waals surface area contributed by atoms with E-state index in [9.17, 15) is 13.2 Å². The minimum atomic E-state index is -3.46. The Morgan fingerprint density at radius 2 is 2.05 bits per heavy atom. The van der Waals surface area contributed by atoms with E-state index in [1.54, 1.807) is 23.1 Å². The third-order valence-corrected chi connectivity index (χ3v) is 5.34. The van der Waals surface area contributed by atoms with E-state index in [-0.39, 0.29) is 17.7 Å². The molecule has 0 spiro atoms. The molecule has 1 aliphatic carbocycles. The molecule has 1 aliphatic rings. The van der Waals surface area contributed by atoms with Gasteiger partial charge in [0.2, 0.25) is 5.91 Å². The van der Waals surface area contributed by atoms with Crippen molar-refractivity contribution in [3.63, 3.8) is 0 Å². The molecule has 0 aromatic heterocycles. The van der Waals surface area contributed by atoms with Gasteiger partial charge in [-0.05, 0) is 49.9 Å². The van der Waals surface area contributed by atoms with Crippen molar-refractivity contribution in [2.45, 2.75) is 38.5 Å². The fraction of sp³-hybridized carbons (Fsp3) is 0.533. The maximum atomic E-state index is 12.2. The summed E-state index contributed by atoms with van der Waals surface area (Å²) in [5.41, 5.74) is 1.52. The molecule has 0 aliphatic heterocycles. The van der Waals surface area contributed by atoms with Gasteiger partial charge in [-0.15, -0.1) is 0 Å². The zero-order valence-electron chi connectivity index (χ0n) is 12.3. The molecular formula is C15H20ClNO3S. The zero-order chi connectivity index (χ0) is 15.6. The molecular weight excluding hydrogens is 310 g/mol. The molecule has 116 valence electrons. The van der Waals surface area contributed by atoms with Crippen LogP contribution in [0, 0.1) is 6.92 Å². The van der Waals surface area contributed by atoms with Crippen molar-refractivity contribution in [1.82, 2.24) is 4.90 Å². The van der Waals surface area contributed by atoms with E-state index in [4.69, 9.17) is 11.6 Å². The van der Waals surface area contributed by atoms with Crippen LogP contribution in [0.1, 0.15) is 30.9 Å². The Bertz CT molecular complexity index is 638. The van der Waals surface area contributed by atoms with Gasteiger partial charge in [0, 0.05) is 17.6 Å². The van der Waals surface area contributed by atoms with Crippen molar-refractivity contribution in [3.05, 3.63) is 34.3 Å². The van der Waals surface area contributed by atoms with Crippen LogP contribution in [0.2, 0.25) is 5.02 Å². The smallest absolute Gasteiger partial charge is 0.238 e. The summed E-state index contributed by atoms with van der Waals surface area (Å²) in [6.45, 7) is 4.27. The van der Waals surface area contributed by atoms with E-state index in [0.717, 1.165) is 18.4 Å². The molecule has 1 aromatic rings. The van der Waals surface area contributed by atoms with E-state index in [0.29, 0.717) is 17.1 Å². The van der Waals surface area contributed by atoms with Crippen LogP contribution in [-0.2, 0) is 20.4 Å². The van der Waals surface area contributed by atoms with E-state index >= 15 is 0 Å². The van der Waals surface area contributed by atoms with Gasteiger partial charge in [0.1, 0.15) is 5.75 Å². The van der Waals surface area contributed by atoms with Crippen molar-refractivity contribution >= 4 is 27.3 Å². The van der Waals surface area contributed by atoms with Gasteiger partial charge in [-0.2, -0.15) is 0 Å². The van der Waals surface area contributed by atoms with Gasteiger partial charge in [-0.3, -0.25) is 4.79 Å². The van der Waals surface area contributed by atoms with Crippen LogP contribution in [0.25, 0.3) is 0 Å². The van der Waals surface area contributed by atoms with Crippen LogP contribution >= 0.6 is 11.6 Å². The quantitative estimate of drug-likeness (QED) is 0.806. The highest BCUT2D eigenvalue weighted by molar-refractivity contribution is 7.91. The molecule has 1 amide bonds. The van der Waals surface area contributed by atoms with Gasteiger partial charge in [0.05, 0.1) is 5.75 Å². The van der Waals surface area contributed by atoms with Crippen LogP contribution in [-0.4, -0.2) is 37.6 Å². The van der Waals surface area contributed by atoms with E-state index in [1.807, 2.05) is 13.8 Å². The van der Waals surface area contributed by atoms with Gasteiger partial charge >= 0.3 is 0 Å². The summed E-state index contributed by atoms with van der Waals surface area (Å²) in [6, 6.07) is 5.36. The number of aryl methyl sites for hydroxylation is 1. The summed E-state index contributed by atoms with van der Waals surface area (Å²) in [7, 11) is -3.46. The largest absolute Gasteiger partial charge is 0.339 e. The summed E-state index contributed by atoms with van der Waals surface area (Å²) < 4.78 is 24.5. The summed E-state index contributed by atoms with van der Waals surface area (Å²) in [5.74, 6) is -0.824. The average Bonchev–Trinajstić information content (AvgIpc) is 3.17. The van der Waals surface area contributed by atoms with Crippen LogP contribution in [0.3, 0.4) is 0 Å². The number of hydrogen-bond donors (Lipinski definition) is 0. The van der Waals surface area contributed by atoms with Gasteiger partial charge in [-0.1, -0.05) is 17.7 Å². The minimum absolute atomic E-state index is 0.121. The maximum absolute atomic E-state index is 12.2. The molecule has 6 heteroatoms. The number of carbonyl (C=O) groups excluding carboxylic acids is 1. The second-order valence-electron chi connectivity index (χ2n) is 5.51. The van der Waals surface area contributed by atoms with E-state index in [1.165, 1.54) is 0 Å². The molecule has 0 saturated heterocycles. The lowest BCUT2D eigenvalue weighted by Crippen LogP contribution is -2.37. The second-order valence-corrected chi connectivity index (χ2v) is 8.01. The predicted molar refractivity (Wildman–Crippen MR) is 84.1 cm³/mol. The van der Waals surface area contributed by atoms with Crippen molar-refractivity contribution in [3.8, 4) is 0 Å². The van der Waals surface area contributed by atoms with Crippen LogP contribution in [0.15, 0.2) is 18.2 Å².